The minimum atomic E-state index is -4.58. The molecule has 1 amide bonds. The van der Waals surface area contributed by atoms with Crippen molar-refractivity contribution in [3.05, 3.63) is 82.0 Å². The lowest BCUT2D eigenvalue weighted by atomic mass is 10.2. The maximum absolute atomic E-state index is 12.7. The van der Waals surface area contributed by atoms with Crippen LogP contribution in [0, 0.1) is 0 Å². The van der Waals surface area contributed by atoms with Crippen LogP contribution >= 0.6 is 23.2 Å². The fourth-order valence-corrected chi connectivity index (χ4v) is 3.18. The van der Waals surface area contributed by atoms with Crippen molar-refractivity contribution >= 4 is 35.1 Å². The Morgan fingerprint density at radius 1 is 1.03 bits per heavy atom. The van der Waals surface area contributed by atoms with E-state index in [0.29, 0.717) is 22.8 Å². The molecule has 0 aliphatic rings. The van der Waals surface area contributed by atoms with E-state index in [9.17, 15) is 22.8 Å². The molecule has 1 unspecified atom stereocenters. The molecule has 1 heterocycles. The van der Waals surface area contributed by atoms with Crippen molar-refractivity contribution in [2.45, 2.75) is 32.7 Å². The van der Waals surface area contributed by atoms with Gasteiger partial charge in [-0.05, 0) is 48.9 Å². The van der Waals surface area contributed by atoms with Gasteiger partial charge in [0.15, 0.2) is 6.10 Å². The van der Waals surface area contributed by atoms with Gasteiger partial charge in [0.05, 0.1) is 12.1 Å². The molecule has 12 heteroatoms. The number of hydrogen-bond acceptors (Lipinski definition) is 6. The highest BCUT2D eigenvalue weighted by molar-refractivity contribution is 6.32. The zero-order valence-electron chi connectivity index (χ0n) is 18.9. The van der Waals surface area contributed by atoms with Crippen molar-refractivity contribution in [3.63, 3.8) is 0 Å². The topological polar surface area (TPSA) is 78.0 Å². The van der Waals surface area contributed by atoms with Crippen LogP contribution in [0.4, 0.5) is 13.2 Å². The number of ether oxygens (including phenoxy) is 2. The average Bonchev–Trinajstić information content (AvgIpc) is 2.81. The number of halogens is 5. The third-order valence-electron chi connectivity index (χ3n) is 4.64. The third-order valence-corrected chi connectivity index (χ3v) is 5.28. The van der Waals surface area contributed by atoms with Gasteiger partial charge in [-0.25, -0.2) is 9.78 Å². The summed E-state index contributed by atoms with van der Waals surface area (Å²) in [5.74, 6) is -1.06. The van der Waals surface area contributed by atoms with Gasteiger partial charge in [-0.15, -0.1) is 0 Å². The Morgan fingerprint density at radius 3 is 2.25 bits per heavy atom. The Kier molecular flexibility index (Phi) is 8.65. The second-order valence-corrected chi connectivity index (χ2v) is 8.21. The largest absolute Gasteiger partial charge is 0.479 e. The zero-order chi connectivity index (χ0) is 26.5. The summed E-state index contributed by atoms with van der Waals surface area (Å²) in [6, 6.07) is 13.3. The summed E-state index contributed by atoms with van der Waals surface area (Å²) in [7, 11) is 0. The zero-order valence-corrected chi connectivity index (χ0v) is 20.4. The molecule has 7 nitrogen and oxygen atoms in total. The molecule has 0 saturated heterocycles. The Balaban J connectivity index is 1.60. The normalized spacial score (nSPS) is 12.0. The number of aromatic nitrogens is 1. The Labute approximate surface area is 214 Å². The molecule has 2 aromatic carbocycles. The Bertz CT molecular complexity index is 1240. The van der Waals surface area contributed by atoms with Gasteiger partial charge < -0.3 is 14.3 Å². The van der Waals surface area contributed by atoms with Gasteiger partial charge in [0.25, 0.3) is 5.91 Å². The Morgan fingerprint density at radius 2 is 1.67 bits per heavy atom. The summed E-state index contributed by atoms with van der Waals surface area (Å²) in [6.45, 7) is 2.64. The van der Waals surface area contributed by atoms with Crippen molar-refractivity contribution in [2.24, 2.45) is 0 Å². The van der Waals surface area contributed by atoms with E-state index in [1.54, 1.807) is 24.3 Å². The molecule has 0 saturated carbocycles. The molecule has 190 valence electrons. The molecule has 1 aromatic heterocycles. The molecule has 0 spiro atoms. The predicted molar refractivity (Wildman–Crippen MR) is 125 cm³/mol. The predicted octanol–water partition coefficient (Wildman–Crippen LogP) is 6.47. The summed E-state index contributed by atoms with van der Waals surface area (Å²) in [6.07, 6.45) is -5.06. The summed E-state index contributed by atoms with van der Waals surface area (Å²) >= 11 is 12.0. The van der Waals surface area contributed by atoms with Gasteiger partial charge in [0.2, 0.25) is 5.88 Å². The van der Waals surface area contributed by atoms with E-state index in [1.165, 1.54) is 38.1 Å². The molecule has 3 rings (SSSR count). The summed E-state index contributed by atoms with van der Waals surface area (Å²) in [4.78, 5) is 33.2. The van der Waals surface area contributed by atoms with E-state index in [4.69, 9.17) is 37.5 Å². The number of hydroxylamine groups is 2. The van der Waals surface area contributed by atoms with Gasteiger partial charge in [0, 0.05) is 18.1 Å². The van der Waals surface area contributed by atoms with Crippen molar-refractivity contribution < 1.29 is 37.1 Å². The van der Waals surface area contributed by atoms with Gasteiger partial charge in [0.1, 0.15) is 16.5 Å². The van der Waals surface area contributed by atoms with Crippen LogP contribution in [0.15, 0.2) is 60.8 Å². The number of carbonyl (C=O) groups is 2. The SMILES string of the molecule is CC(=O)N(Cc1ccccc1Cl)OC(=O)C(C)Oc1ccc(Oc2ncc(C(F)(F)F)cc2Cl)cc1. The van der Waals surface area contributed by atoms with Crippen molar-refractivity contribution in [1.82, 2.24) is 10.0 Å². The molecule has 0 aliphatic carbocycles. The van der Waals surface area contributed by atoms with Crippen LogP contribution in [0.2, 0.25) is 10.0 Å². The first-order valence-electron chi connectivity index (χ1n) is 10.3. The maximum atomic E-state index is 12.7. The first kappa shape index (κ1) is 27.1. The first-order chi connectivity index (χ1) is 16.9. The van der Waals surface area contributed by atoms with Crippen molar-refractivity contribution in [3.8, 4) is 17.4 Å². The summed E-state index contributed by atoms with van der Waals surface area (Å²) in [5, 5.41) is 0.980. The van der Waals surface area contributed by atoms with Crippen LogP contribution in [0.5, 0.6) is 17.4 Å². The standard InChI is InChI=1S/C24H19Cl2F3N2O5/c1-14(23(33)36-31(15(2)32)13-16-5-3-4-6-20(16)25)34-18-7-9-19(10-8-18)35-22-21(26)11-17(12-30-22)24(27,28)29/h3-12,14H,13H2,1-2H3. The highest BCUT2D eigenvalue weighted by Crippen LogP contribution is 2.35. The highest BCUT2D eigenvalue weighted by Gasteiger charge is 2.32. The van der Waals surface area contributed by atoms with Crippen LogP contribution in [0.25, 0.3) is 0 Å². The fraction of sp³-hybridized carbons (Fsp3) is 0.208. The maximum Gasteiger partial charge on any atom is 0.417 e. The van der Waals surface area contributed by atoms with Gasteiger partial charge in [-0.2, -0.15) is 18.2 Å². The van der Waals surface area contributed by atoms with Gasteiger partial charge >= 0.3 is 12.1 Å². The van der Waals surface area contributed by atoms with Crippen LogP contribution in [-0.4, -0.2) is 28.0 Å². The van der Waals surface area contributed by atoms with E-state index in [-0.39, 0.29) is 28.9 Å². The quantitative estimate of drug-likeness (QED) is 0.318. The molecule has 36 heavy (non-hydrogen) atoms. The van der Waals surface area contributed by atoms with E-state index in [0.717, 1.165) is 5.06 Å². The lowest BCUT2D eigenvalue weighted by Gasteiger charge is -2.22. The van der Waals surface area contributed by atoms with Crippen LogP contribution in [0.3, 0.4) is 0 Å². The number of carbonyl (C=O) groups excluding carboxylic acids is 2. The number of hydrogen-bond donors (Lipinski definition) is 0. The molecule has 0 radical (unpaired) electrons. The minimum absolute atomic E-state index is 0.0416. The monoisotopic (exact) mass is 542 g/mol. The number of rotatable bonds is 7. The molecule has 3 aromatic rings. The number of benzene rings is 2. The first-order valence-corrected chi connectivity index (χ1v) is 11.1. The number of amides is 1. The fourth-order valence-electron chi connectivity index (χ4n) is 2.78. The van der Waals surface area contributed by atoms with Crippen LogP contribution in [0.1, 0.15) is 25.0 Å². The minimum Gasteiger partial charge on any atom is -0.479 e. The second-order valence-electron chi connectivity index (χ2n) is 7.40. The van der Waals surface area contributed by atoms with E-state index in [2.05, 4.69) is 4.98 Å². The summed E-state index contributed by atoms with van der Waals surface area (Å²) < 4.78 is 49.2. The number of alkyl halides is 3. The molecule has 1 atom stereocenters. The lowest BCUT2D eigenvalue weighted by Crippen LogP contribution is -2.36. The number of pyridine rings is 1. The smallest absolute Gasteiger partial charge is 0.417 e. The molecule has 0 aliphatic heterocycles. The number of nitrogens with zero attached hydrogens (tertiary/aromatic N) is 2. The third kappa shape index (κ3) is 7.25. The summed E-state index contributed by atoms with van der Waals surface area (Å²) in [5.41, 5.74) is -0.409. The van der Waals surface area contributed by atoms with Crippen LogP contribution < -0.4 is 9.47 Å². The average molecular weight is 543 g/mol. The molecule has 0 N–H and O–H groups in total. The van der Waals surface area contributed by atoms with Crippen molar-refractivity contribution in [2.75, 3.05) is 0 Å². The van der Waals surface area contributed by atoms with Gasteiger partial charge in [-0.1, -0.05) is 41.4 Å². The van der Waals surface area contributed by atoms with E-state index >= 15 is 0 Å². The van der Waals surface area contributed by atoms with Crippen LogP contribution in [-0.2, 0) is 27.1 Å². The molecular formula is C24H19Cl2F3N2O5. The molecular weight excluding hydrogens is 524 g/mol. The highest BCUT2D eigenvalue weighted by atomic mass is 35.5. The van der Waals surface area contributed by atoms with Crippen molar-refractivity contribution in [1.29, 1.82) is 0 Å². The van der Waals surface area contributed by atoms with Gasteiger partial charge in [-0.3, -0.25) is 4.79 Å². The molecule has 0 bridgehead atoms. The second kappa shape index (κ2) is 11.5. The Hall–Kier alpha value is -3.50. The van der Waals surface area contributed by atoms with E-state index < -0.39 is 29.7 Å². The molecule has 0 fully saturated rings. The van der Waals surface area contributed by atoms with E-state index in [1.807, 2.05) is 0 Å². The lowest BCUT2D eigenvalue weighted by molar-refractivity contribution is -0.204.